The molecule has 1 heterocycles. The second kappa shape index (κ2) is 5.44. The van der Waals surface area contributed by atoms with Gasteiger partial charge < -0.3 is 9.30 Å². The molecule has 0 saturated carbocycles. The normalized spacial score (nSPS) is 11.6. The van der Waals surface area contributed by atoms with E-state index < -0.39 is 11.6 Å². The Morgan fingerprint density at radius 3 is 2.72 bits per heavy atom. The molecule has 0 saturated heterocycles. The molecule has 2 rings (SSSR count). The molecule has 1 aromatic heterocycles. The predicted molar refractivity (Wildman–Crippen MR) is 65.3 cm³/mol. The Hall–Kier alpha value is -1.49. The van der Waals surface area contributed by atoms with Gasteiger partial charge in [-0.25, -0.2) is 13.8 Å². The zero-order valence-corrected chi connectivity index (χ0v) is 10.5. The Morgan fingerprint density at radius 2 is 2.00 bits per heavy atom. The van der Waals surface area contributed by atoms with Gasteiger partial charge >= 0.3 is 0 Å². The Balaban J connectivity index is 2.07. The molecule has 0 atom stereocenters. The van der Waals surface area contributed by atoms with Crippen LogP contribution in [0.5, 0.6) is 0 Å². The Bertz CT molecular complexity index is 537. The highest BCUT2D eigenvalue weighted by atomic mass is 19.2. The fourth-order valence-electron chi connectivity index (χ4n) is 1.71. The van der Waals surface area contributed by atoms with Gasteiger partial charge in [-0.2, -0.15) is 0 Å². The van der Waals surface area contributed by atoms with Crippen molar-refractivity contribution >= 4 is 11.0 Å². The molecular weight excluding hydrogens is 238 g/mol. The van der Waals surface area contributed by atoms with Crippen LogP contribution in [0.2, 0.25) is 0 Å². The van der Waals surface area contributed by atoms with Crippen LogP contribution in [-0.4, -0.2) is 22.8 Å². The van der Waals surface area contributed by atoms with E-state index in [1.165, 1.54) is 6.07 Å². The predicted octanol–water partition coefficient (Wildman–Crippen LogP) is 2.99. The smallest absolute Gasteiger partial charge is 0.161 e. The zero-order valence-electron chi connectivity index (χ0n) is 10.5. The van der Waals surface area contributed by atoms with E-state index in [-0.39, 0.29) is 0 Å². The quantitative estimate of drug-likeness (QED) is 0.767. The zero-order chi connectivity index (χ0) is 13.1. The standard InChI is InChI=1S/C13H16F2N2O/c1-9(2)7-18-4-3-17-8-16-12-5-10(14)11(15)6-13(12)17/h5-6,8-9H,3-4,7H2,1-2H3. The number of rotatable bonds is 5. The SMILES string of the molecule is CC(C)COCCn1cnc2cc(F)c(F)cc21. The second-order valence-electron chi connectivity index (χ2n) is 4.66. The summed E-state index contributed by atoms with van der Waals surface area (Å²) in [6.07, 6.45) is 1.57. The molecule has 18 heavy (non-hydrogen) atoms. The number of fused-ring (bicyclic) bond motifs is 1. The van der Waals surface area contributed by atoms with Crippen LogP contribution in [0.4, 0.5) is 8.78 Å². The number of aromatic nitrogens is 2. The number of halogens is 2. The molecule has 0 fully saturated rings. The average Bonchev–Trinajstić information content (AvgIpc) is 2.68. The van der Waals surface area contributed by atoms with Crippen LogP contribution in [0.1, 0.15) is 13.8 Å². The van der Waals surface area contributed by atoms with Gasteiger partial charge in [0.1, 0.15) is 0 Å². The van der Waals surface area contributed by atoms with E-state index in [4.69, 9.17) is 4.74 Å². The van der Waals surface area contributed by atoms with Crippen molar-refractivity contribution in [3.63, 3.8) is 0 Å². The van der Waals surface area contributed by atoms with Crippen molar-refractivity contribution in [1.29, 1.82) is 0 Å². The fourth-order valence-corrected chi connectivity index (χ4v) is 1.71. The van der Waals surface area contributed by atoms with Gasteiger partial charge in [0, 0.05) is 25.3 Å². The second-order valence-corrected chi connectivity index (χ2v) is 4.66. The van der Waals surface area contributed by atoms with Gasteiger partial charge in [0.2, 0.25) is 0 Å². The maximum atomic E-state index is 13.2. The van der Waals surface area contributed by atoms with E-state index in [1.54, 1.807) is 10.9 Å². The Kier molecular flexibility index (Phi) is 3.91. The Morgan fingerprint density at radius 1 is 1.28 bits per heavy atom. The highest BCUT2D eigenvalue weighted by molar-refractivity contribution is 5.75. The van der Waals surface area contributed by atoms with Crippen LogP contribution in [0.3, 0.4) is 0 Å². The van der Waals surface area contributed by atoms with Crippen molar-refractivity contribution in [2.24, 2.45) is 5.92 Å². The third-order valence-corrected chi connectivity index (χ3v) is 2.59. The molecule has 3 nitrogen and oxygen atoms in total. The monoisotopic (exact) mass is 254 g/mol. The first kappa shape index (κ1) is 13.0. The van der Waals surface area contributed by atoms with Crippen molar-refractivity contribution in [3.05, 3.63) is 30.1 Å². The number of nitrogens with zero attached hydrogens (tertiary/aromatic N) is 2. The summed E-state index contributed by atoms with van der Waals surface area (Å²) < 4.78 is 33.4. The molecule has 0 unspecified atom stereocenters. The summed E-state index contributed by atoms with van der Waals surface area (Å²) in [5, 5.41) is 0. The van der Waals surface area contributed by atoms with Crippen LogP contribution < -0.4 is 0 Å². The molecule has 0 aliphatic heterocycles. The molecule has 0 spiro atoms. The van der Waals surface area contributed by atoms with Gasteiger partial charge in [-0.15, -0.1) is 0 Å². The van der Waals surface area contributed by atoms with Gasteiger partial charge in [-0.3, -0.25) is 0 Å². The summed E-state index contributed by atoms with van der Waals surface area (Å²) in [5.41, 5.74) is 1.04. The summed E-state index contributed by atoms with van der Waals surface area (Å²) in [7, 11) is 0. The number of hydrogen-bond donors (Lipinski definition) is 0. The maximum absolute atomic E-state index is 13.2. The van der Waals surface area contributed by atoms with E-state index in [9.17, 15) is 8.78 Å². The summed E-state index contributed by atoms with van der Waals surface area (Å²) in [6, 6.07) is 2.27. The lowest BCUT2D eigenvalue weighted by Crippen LogP contribution is -2.08. The Labute approximate surface area is 104 Å². The molecule has 0 aliphatic rings. The largest absolute Gasteiger partial charge is 0.379 e. The lowest BCUT2D eigenvalue weighted by Gasteiger charge is -2.08. The number of hydrogen-bond acceptors (Lipinski definition) is 2. The van der Waals surface area contributed by atoms with Gasteiger partial charge in [0.05, 0.1) is 24.0 Å². The minimum Gasteiger partial charge on any atom is -0.379 e. The highest BCUT2D eigenvalue weighted by Gasteiger charge is 2.08. The lowest BCUT2D eigenvalue weighted by molar-refractivity contribution is 0.104. The van der Waals surface area contributed by atoms with E-state index in [1.807, 2.05) is 0 Å². The minimum absolute atomic E-state index is 0.456. The first-order valence-electron chi connectivity index (χ1n) is 5.95. The van der Waals surface area contributed by atoms with Gasteiger partial charge in [0.15, 0.2) is 11.6 Å². The minimum atomic E-state index is -0.871. The van der Waals surface area contributed by atoms with Crippen molar-refractivity contribution < 1.29 is 13.5 Å². The third kappa shape index (κ3) is 2.85. The molecule has 0 N–H and O–H groups in total. The lowest BCUT2D eigenvalue weighted by atomic mass is 10.2. The highest BCUT2D eigenvalue weighted by Crippen LogP contribution is 2.17. The first-order valence-corrected chi connectivity index (χ1v) is 5.95. The van der Waals surface area contributed by atoms with Crippen molar-refractivity contribution in [3.8, 4) is 0 Å². The fraction of sp³-hybridized carbons (Fsp3) is 0.462. The van der Waals surface area contributed by atoms with Gasteiger partial charge in [-0.05, 0) is 5.92 Å². The van der Waals surface area contributed by atoms with Gasteiger partial charge in [0.25, 0.3) is 0 Å². The van der Waals surface area contributed by atoms with Crippen molar-refractivity contribution in [2.45, 2.75) is 20.4 Å². The maximum Gasteiger partial charge on any atom is 0.161 e. The van der Waals surface area contributed by atoms with Crippen LogP contribution in [-0.2, 0) is 11.3 Å². The van der Waals surface area contributed by atoms with Crippen LogP contribution >= 0.6 is 0 Å². The summed E-state index contributed by atoms with van der Waals surface area (Å²) in [6.45, 7) is 5.95. The molecule has 5 heteroatoms. The van der Waals surface area contributed by atoms with E-state index in [2.05, 4.69) is 18.8 Å². The molecule has 1 aromatic carbocycles. The molecular formula is C13H16F2N2O. The van der Waals surface area contributed by atoms with E-state index >= 15 is 0 Å². The number of imidazole rings is 1. The van der Waals surface area contributed by atoms with Gasteiger partial charge in [-0.1, -0.05) is 13.8 Å². The molecule has 0 radical (unpaired) electrons. The molecule has 0 amide bonds. The van der Waals surface area contributed by atoms with Crippen LogP contribution in [0.25, 0.3) is 11.0 Å². The first-order chi connectivity index (χ1) is 8.58. The van der Waals surface area contributed by atoms with E-state index in [0.29, 0.717) is 36.7 Å². The van der Waals surface area contributed by atoms with Crippen molar-refractivity contribution in [1.82, 2.24) is 9.55 Å². The average molecular weight is 254 g/mol. The summed E-state index contributed by atoms with van der Waals surface area (Å²) in [4.78, 5) is 4.04. The third-order valence-electron chi connectivity index (χ3n) is 2.59. The van der Waals surface area contributed by atoms with Crippen molar-refractivity contribution in [2.75, 3.05) is 13.2 Å². The molecule has 0 bridgehead atoms. The number of benzene rings is 1. The summed E-state index contributed by atoms with van der Waals surface area (Å²) in [5.74, 6) is -1.24. The summed E-state index contributed by atoms with van der Waals surface area (Å²) >= 11 is 0. The number of ether oxygens (including phenoxy) is 1. The topological polar surface area (TPSA) is 27.1 Å². The molecule has 98 valence electrons. The van der Waals surface area contributed by atoms with Crippen LogP contribution in [0, 0.1) is 17.6 Å². The molecule has 2 aromatic rings. The van der Waals surface area contributed by atoms with E-state index in [0.717, 1.165) is 6.07 Å². The van der Waals surface area contributed by atoms with Crippen LogP contribution in [0.15, 0.2) is 18.5 Å². The molecule has 0 aliphatic carbocycles.